The van der Waals surface area contributed by atoms with Crippen molar-refractivity contribution in [3.05, 3.63) is 16.4 Å². The van der Waals surface area contributed by atoms with Crippen LogP contribution < -0.4 is 5.32 Å². The summed E-state index contributed by atoms with van der Waals surface area (Å²) < 4.78 is 35.5. The Hall–Kier alpha value is -0.750. The van der Waals surface area contributed by atoms with Gasteiger partial charge in [-0.2, -0.15) is 13.2 Å². The van der Waals surface area contributed by atoms with Crippen molar-refractivity contribution in [2.24, 2.45) is 0 Å². The Bertz CT molecular complexity index is 357. The molecule has 1 rings (SSSR count). The number of anilines is 1. The van der Waals surface area contributed by atoms with Gasteiger partial charge in [0.2, 0.25) is 0 Å². The largest absolute Gasteiger partial charge is 0.389 e. The van der Waals surface area contributed by atoms with E-state index in [9.17, 15) is 13.2 Å². The Morgan fingerprint density at radius 3 is 2.56 bits per heavy atom. The van der Waals surface area contributed by atoms with Crippen molar-refractivity contribution in [1.29, 1.82) is 0 Å². The lowest BCUT2D eigenvalue weighted by atomic mass is 10.3. The van der Waals surface area contributed by atoms with E-state index in [1.54, 1.807) is 0 Å². The van der Waals surface area contributed by atoms with Crippen LogP contribution in [0, 0.1) is 0 Å². The molecule has 0 unspecified atom stereocenters. The first-order valence-corrected chi connectivity index (χ1v) is 5.13. The van der Waals surface area contributed by atoms with Crippen LogP contribution in [-0.4, -0.2) is 22.9 Å². The SMILES string of the molecule is FC(F)(F)CCCNc1cc(Cl)nnc1Cl. The Morgan fingerprint density at radius 1 is 1.25 bits per heavy atom. The lowest BCUT2D eigenvalue weighted by Crippen LogP contribution is -2.11. The molecule has 0 radical (unpaired) electrons. The fourth-order valence-electron chi connectivity index (χ4n) is 0.989. The molecule has 0 bridgehead atoms. The summed E-state index contributed by atoms with van der Waals surface area (Å²) >= 11 is 11.2. The van der Waals surface area contributed by atoms with E-state index in [0.29, 0.717) is 5.69 Å². The van der Waals surface area contributed by atoms with Gasteiger partial charge < -0.3 is 5.32 Å². The molecule has 16 heavy (non-hydrogen) atoms. The van der Waals surface area contributed by atoms with E-state index in [4.69, 9.17) is 23.2 Å². The third-order valence-electron chi connectivity index (χ3n) is 1.67. The maximum atomic E-state index is 11.8. The van der Waals surface area contributed by atoms with Crippen molar-refractivity contribution in [1.82, 2.24) is 10.2 Å². The first kappa shape index (κ1) is 13.3. The smallest absolute Gasteiger partial charge is 0.382 e. The number of alkyl halides is 3. The zero-order chi connectivity index (χ0) is 12.2. The molecule has 8 heteroatoms. The van der Waals surface area contributed by atoms with Crippen molar-refractivity contribution in [2.75, 3.05) is 11.9 Å². The van der Waals surface area contributed by atoms with Gasteiger partial charge in [-0.05, 0) is 6.42 Å². The normalized spacial score (nSPS) is 11.6. The first-order valence-electron chi connectivity index (χ1n) is 4.38. The maximum absolute atomic E-state index is 11.8. The second-order valence-corrected chi connectivity index (χ2v) is 3.76. The molecule has 1 N–H and O–H groups in total. The molecule has 3 nitrogen and oxygen atoms in total. The zero-order valence-corrected chi connectivity index (χ0v) is 9.49. The summed E-state index contributed by atoms with van der Waals surface area (Å²) in [6.45, 7) is 0.140. The summed E-state index contributed by atoms with van der Waals surface area (Å²) in [7, 11) is 0. The molecule has 1 aromatic heterocycles. The number of halogens is 5. The summed E-state index contributed by atoms with van der Waals surface area (Å²) in [5, 5.41) is 9.89. The highest BCUT2D eigenvalue weighted by atomic mass is 35.5. The van der Waals surface area contributed by atoms with Gasteiger partial charge in [0, 0.05) is 19.0 Å². The summed E-state index contributed by atoms with van der Waals surface area (Å²) in [5.41, 5.74) is 0.379. The molecule has 0 saturated heterocycles. The monoisotopic (exact) mass is 273 g/mol. The van der Waals surface area contributed by atoms with Gasteiger partial charge in [-0.3, -0.25) is 0 Å². The Kier molecular flexibility index (Phi) is 4.61. The Balaban J connectivity index is 2.40. The van der Waals surface area contributed by atoms with Gasteiger partial charge in [0.1, 0.15) is 0 Å². The maximum Gasteiger partial charge on any atom is 0.389 e. The summed E-state index contributed by atoms with van der Waals surface area (Å²) in [5.74, 6) is 0. The van der Waals surface area contributed by atoms with E-state index >= 15 is 0 Å². The third kappa shape index (κ3) is 4.85. The third-order valence-corrected chi connectivity index (χ3v) is 2.14. The van der Waals surface area contributed by atoms with Crippen LogP contribution in [0.25, 0.3) is 0 Å². The quantitative estimate of drug-likeness (QED) is 0.853. The van der Waals surface area contributed by atoms with Crippen LogP contribution in [0.1, 0.15) is 12.8 Å². The molecular formula is C8H8Cl2F3N3. The molecule has 0 aliphatic rings. The molecule has 0 aliphatic heterocycles. The second kappa shape index (κ2) is 5.54. The highest BCUT2D eigenvalue weighted by Gasteiger charge is 2.25. The van der Waals surface area contributed by atoms with E-state index in [2.05, 4.69) is 15.5 Å². The molecule has 0 fully saturated rings. The molecule has 1 aromatic rings. The Morgan fingerprint density at radius 2 is 1.94 bits per heavy atom. The van der Waals surface area contributed by atoms with Crippen LogP contribution in [0.5, 0.6) is 0 Å². The number of nitrogens with one attached hydrogen (secondary N) is 1. The average molecular weight is 274 g/mol. The first-order chi connectivity index (χ1) is 7.38. The molecule has 0 saturated carbocycles. The van der Waals surface area contributed by atoms with E-state index in [-0.39, 0.29) is 23.3 Å². The molecule has 0 aromatic carbocycles. The molecule has 90 valence electrons. The minimum absolute atomic E-state index is 0.0419. The standard InChI is InChI=1S/C8H8Cl2F3N3/c9-6-4-5(7(10)16-15-6)14-3-1-2-8(11,12)13/h4H,1-3H2,(H,14,15). The molecule has 0 amide bonds. The average Bonchev–Trinajstić information content (AvgIpc) is 2.16. The number of nitrogens with zero attached hydrogens (tertiary/aromatic N) is 2. The molecule has 0 aliphatic carbocycles. The van der Waals surface area contributed by atoms with Crippen LogP contribution in [0.3, 0.4) is 0 Å². The predicted octanol–water partition coefficient (Wildman–Crippen LogP) is 3.54. The number of hydrogen-bond donors (Lipinski definition) is 1. The van der Waals surface area contributed by atoms with Crippen LogP contribution in [0.15, 0.2) is 6.07 Å². The number of rotatable bonds is 4. The van der Waals surface area contributed by atoms with Crippen molar-refractivity contribution in [3.8, 4) is 0 Å². The van der Waals surface area contributed by atoms with Crippen LogP contribution >= 0.6 is 23.2 Å². The van der Waals surface area contributed by atoms with Gasteiger partial charge in [-0.25, -0.2) is 0 Å². The van der Waals surface area contributed by atoms with Crippen LogP contribution in [-0.2, 0) is 0 Å². The zero-order valence-electron chi connectivity index (χ0n) is 7.98. The minimum atomic E-state index is -4.14. The Labute approximate surface area is 100.0 Å². The van der Waals surface area contributed by atoms with Gasteiger partial charge in [0.15, 0.2) is 10.3 Å². The van der Waals surface area contributed by atoms with E-state index in [1.165, 1.54) is 6.07 Å². The molecule has 0 atom stereocenters. The van der Waals surface area contributed by atoms with E-state index < -0.39 is 12.6 Å². The van der Waals surface area contributed by atoms with Crippen molar-refractivity contribution < 1.29 is 13.2 Å². The minimum Gasteiger partial charge on any atom is -0.382 e. The summed E-state index contributed by atoms with van der Waals surface area (Å²) in [6.07, 6.45) is -5.02. The topological polar surface area (TPSA) is 37.8 Å². The van der Waals surface area contributed by atoms with Gasteiger partial charge in [-0.1, -0.05) is 23.2 Å². The van der Waals surface area contributed by atoms with Gasteiger partial charge in [-0.15, -0.1) is 10.2 Å². The van der Waals surface area contributed by atoms with Gasteiger partial charge >= 0.3 is 6.18 Å². The molecule has 1 heterocycles. The summed E-state index contributed by atoms with van der Waals surface area (Å²) in [6, 6.07) is 1.41. The second-order valence-electron chi connectivity index (χ2n) is 3.02. The predicted molar refractivity (Wildman–Crippen MR) is 55.8 cm³/mol. The fraction of sp³-hybridized carbons (Fsp3) is 0.500. The highest BCUT2D eigenvalue weighted by Crippen LogP contribution is 2.23. The number of aromatic nitrogens is 2. The lowest BCUT2D eigenvalue weighted by molar-refractivity contribution is -0.134. The summed E-state index contributed by atoms with van der Waals surface area (Å²) in [4.78, 5) is 0. The number of hydrogen-bond acceptors (Lipinski definition) is 3. The fourth-order valence-corrected chi connectivity index (χ4v) is 1.29. The van der Waals surface area contributed by atoms with Crippen LogP contribution in [0.2, 0.25) is 10.3 Å². The van der Waals surface area contributed by atoms with Crippen molar-refractivity contribution >= 4 is 28.9 Å². The van der Waals surface area contributed by atoms with Gasteiger partial charge in [0.05, 0.1) is 5.69 Å². The highest BCUT2D eigenvalue weighted by molar-refractivity contribution is 6.33. The lowest BCUT2D eigenvalue weighted by Gasteiger charge is -2.08. The molecule has 0 spiro atoms. The van der Waals surface area contributed by atoms with Gasteiger partial charge in [0.25, 0.3) is 0 Å². The van der Waals surface area contributed by atoms with E-state index in [1.807, 2.05) is 0 Å². The van der Waals surface area contributed by atoms with Crippen molar-refractivity contribution in [2.45, 2.75) is 19.0 Å². The van der Waals surface area contributed by atoms with Crippen molar-refractivity contribution in [3.63, 3.8) is 0 Å². The van der Waals surface area contributed by atoms with Crippen LogP contribution in [0.4, 0.5) is 18.9 Å². The van der Waals surface area contributed by atoms with E-state index in [0.717, 1.165) is 0 Å². The molecular weight excluding hydrogens is 266 g/mol.